The van der Waals surface area contributed by atoms with E-state index in [1.165, 1.54) is 13.2 Å². The van der Waals surface area contributed by atoms with Gasteiger partial charge in [0.2, 0.25) is 0 Å². The molecule has 0 aliphatic heterocycles. The lowest BCUT2D eigenvalue weighted by Crippen LogP contribution is -2.19. The lowest BCUT2D eigenvalue weighted by atomic mass is 10.2. The number of hydrogen-bond acceptors (Lipinski definition) is 4. The van der Waals surface area contributed by atoms with Crippen LogP contribution in [0.5, 0.6) is 5.75 Å². The summed E-state index contributed by atoms with van der Waals surface area (Å²) < 4.78 is 5.05. The summed E-state index contributed by atoms with van der Waals surface area (Å²) >= 11 is 5.85. The van der Waals surface area contributed by atoms with E-state index in [-0.39, 0.29) is 22.1 Å². The first-order valence-corrected chi connectivity index (χ1v) is 6.95. The fourth-order valence-corrected chi connectivity index (χ4v) is 2.10. The molecule has 0 unspecified atom stereocenters. The first-order chi connectivity index (χ1) is 10.9. The number of nitrogens with one attached hydrogen (secondary N) is 2. The first kappa shape index (κ1) is 16.6. The zero-order chi connectivity index (χ0) is 17.0. The van der Waals surface area contributed by atoms with Crippen molar-refractivity contribution in [2.75, 3.05) is 17.7 Å². The normalized spacial score (nSPS) is 10.0. The van der Waals surface area contributed by atoms with Crippen LogP contribution < -0.4 is 15.4 Å². The van der Waals surface area contributed by atoms with E-state index in [2.05, 4.69) is 10.6 Å². The Morgan fingerprint density at radius 2 is 1.87 bits per heavy atom. The van der Waals surface area contributed by atoms with Crippen LogP contribution in [0.2, 0.25) is 5.02 Å². The Bertz CT molecular complexity index is 747. The molecule has 0 heterocycles. The van der Waals surface area contributed by atoms with E-state index in [1.807, 2.05) is 19.1 Å². The summed E-state index contributed by atoms with van der Waals surface area (Å²) in [6, 6.07) is 9.15. The van der Waals surface area contributed by atoms with Crippen LogP contribution in [0.15, 0.2) is 36.4 Å². The van der Waals surface area contributed by atoms with Crippen molar-refractivity contribution >= 4 is 34.7 Å². The molecule has 0 spiro atoms. The molecule has 7 nitrogen and oxygen atoms in total. The third kappa shape index (κ3) is 4.10. The summed E-state index contributed by atoms with van der Waals surface area (Å²) in [4.78, 5) is 22.2. The molecule has 2 N–H and O–H groups in total. The molecule has 0 saturated carbocycles. The SMILES string of the molecule is COc1cc([N+](=O)[O-])c(Cl)cc1NC(=O)Nc1ccc(C)cc1. The van der Waals surface area contributed by atoms with Crippen molar-refractivity contribution in [3.8, 4) is 5.75 Å². The molecule has 2 aromatic carbocycles. The molecule has 120 valence electrons. The molecule has 0 saturated heterocycles. The third-order valence-electron chi connectivity index (χ3n) is 3.02. The second-order valence-corrected chi connectivity index (χ2v) is 5.11. The number of carbonyl (C=O) groups excluding carboxylic acids is 1. The number of hydrogen-bond donors (Lipinski definition) is 2. The second kappa shape index (κ2) is 6.97. The van der Waals surface area contributed by atoms with Gasteiger partial charge in [-0.3, -0.25) is 10.1 Å². The molecule has 0 aliphatic carbocycles. The number of carbonyl (C=O) groups is 1. The van der Waals surface area contributed by atoms with Crippen molar-refractivity contribution in [2.45, 2.75) is 6.92 Å². The lowest BCUT2D eigenvalue weighted by Gasteiger charge is -2.12. The van der Waals surface area contributed by atoms with Crippen molar-refractivity contribution in [3.05, 3.63) is 57.1 Å². The molecule has 0 radical (unpaired) electrons. The number of halogens is 1. The van der Waals surface area contributed by atoms with E-state index in [0.29, 0.717) is 5.69 Å². The number of amides is 2. The Kier molecular flexibility index (Phi) is 5.02. The van der Waals surface area contributed by atoms with Crippen LogP contribution in [0.1, 0.15) is 5.56 Å². The highest BCUT2D eigenvalue weighted by Crippen LogP contribution is 2.35. The van der Waals surface area contributed by atoms with Gasteiger partial charge in [-0.1, -0.05) is 29.3 Å². The highest BCUT2D eigenvalue weighted by Gasteiger charge is 2.18. The number of nitrogens with zero attached hydrogens (tertiary/aromatic N) is 1. The number of nitro benzene ring substituents is 1. The second-order valence-electron chi connectivity index (χ2n) is 4.71. The number of nitro groups is 1. The molecule has 0 bridgehead atoms. The van der Waals surface area contributed by atoms with Crippen LogP contribution in [0.25, 0.3) is 0 Å². The summed E-state index contributed by atoms with van der Waals surface area (Å²) in [5, 5.41) is 16.0. The summed E-state index contributed by atoms with van der Waals surface area (Å²) in [6.07, 6.45) is 0. The van der Waals surface area contributed by atoms with Crippen LogP contribution in [0, 0.1) is 17.0 Å². The third-order valence-corrected chi connectivity index (χ3v) is 3.33. The molecule has 23 heavy (non-hydrogen) atoms. The Labute approximate surface area is 137 Å². The van der Waals surface area contributed by atoms with Crippen LogP contribution in [-0.2, 0) is 0 Å². The molecule has 2 aromatic rings. The highest BCUT2D eigenvalue weighted by molar-refractivity contribution is 6.33. The molecule has 2 rings (SSSR count). The van der Waals surface area contributed by atoms with Crippen LogP contribution >= 0.6 is 11.6 Å². The van der Waals surface area contributed by atoms with Crippen LogP contribution in [0.4, 0.5) is 21.9 Å². The highest BCUT2D eigenvalue weighted by atomic mass is 35.5. The Balaban J connectivity index is 2.18. The van der Waals surface area contributed by atoms with Crippen molar-refractivity contribution in [3.63, 3.8) is 0 Å². The van der Waals surface area contributed by atoms with E-state index < -0.39 is 11.0 Å². The largest absolute Gasteiger partial charge is 0.494 e. The number of methoxy groups -OCH3 is 1. The fourth-order valence-electron chi connectivity index (χ4n) is 1.87. The van der Waals surface area contributed by atoms with Gasteiger partial charge < -0.3 is 15.4 Å². The van der Waals surface area contributed by atoms with E-state index >= 15 is 0 Å². The average Bonchev–Trinajstić information content (AvgIpc) is 2.49. The van der Waals surface area contributed by atoms with Crippen LogP contribution in [-0.4, -0.2) is 18.1 Å². The molecule has 0 aromatic heterocycles. The zero-order valence-electron chi connectivity index (χ0n) is 12.4. The van der Waals surface area contributed by atoms with Gasteiger partial charge in [0, 0.05) is 5.69 Å². The topological polar surface area (TPSA) is 93.5 Å². The predicted octanol–water partition coefficient (Wildman–Crippen LogP) is 4.21. The Morgan fingerprint density at radius 3 is 2.43 bits per heavy atom. The smallest absolute Gasteiger partial charge is 0.323 e. The maximum Gasteiger partial charge on any atom is 0.323 e. The average molecular weight is 336 g/mol. The van der Waals surface area contributed by atoms with Crippen molar-refractivity contribution < 1.29 is 14.5 Å². The van der Waals surface area contributed by atoms with Gasteiger partial charge in [-0.05, 0) is 25.1 Å². The van der Waals surface area contributed by atoms with E-state index in [0.717, 1.165) is 11.6 Å². The molecular formula is C15H14ClN3O4. The van der Waals surface area contributed by atoms with E-state index in [1.54, 1.807) is 12.1 Å². The number of ether oxygens (including phenoxy) is 1. The number of aryl methyl sites for hydroxylation is 1. The fraction of sp³-hybridized carbons (Fsp3) is 0.133. The Hall–Kier alpha value is -2.80. The molecule has 0 aliphatic rings. The quantitative estimate of drug-likeness (QED) is 0.646. The van der Waals surface area contributed by atoms with Gasteiger partial charge in [-0.15, -0.1) is 0 Å². The summed E-state index contributed by atoms with van der Waals surface area (Å²) in [5.74, 6) is 0.139. The van der Waals surface area contributed by atoms with Crippen molar-refractivity contribution in [2.24, 2.45) is 0 Å². The molecule has 8 heteroatoms. The summed E-state index contributed by atoms with van der Waals surface area (Å²) in [5.41, 5.74) is 1.61. The maximum absolute atomic E-state index is 12.0. The predicted molar refractivity (Wildman–Crippen MR) is 88.5 cm³/mol. The van der Waals surface area contributed by atoms with E-state index in [4.69, 9.17) is 16.3 Å². The summed E-state index contributed by atoms with van der Waals surface area (Å²) in [6.45, 7) is 1.94. The van der Waals surface area contributed by atoms with Gasteiger partial charge in [0.25, 0.3) is 5.69 Å². The monoisotopic (exact) mass is 335 g/mol. The van der Waals surface area contributed by atoms with Gasteiger partial charge in [0.05, 0.1) is 23.8 Å². The maximum atomic E-state index is 12.0. The molecule has 2 amide bonds. The zero-order valence-corrected chi connectivity index (χ0v) is 13.2. The number of urea groups is 1. The Morgan fingerprint density at radius 1 is 1.22 bits per heavy atom. The standard InChI is InChI=1S/C15H14ClN3O4/c1-9-3-5-10(6-4-9)17-15(20)18-12-7-11(16)13(19(21)22)8-14(12)23-2/h3-8H,1-2H3,(H2,17,18,20). The van der Waals surface area contributed by atoms with Crippen molar-refractivity contribution in [1.29, 1.82) is 0 Å². The van der Waals surface area contributed by atoms with Gasteiger partial charge in [0.1, 0.15) is 10.8 Å². The minimum Gasteiger partial charge on any atom is -0.494 e. The van der Waals surface area contributed by atoms with E-state index in [9.17, 15) is 14.9 Å². The number of benzene rings is 2. The van der Waals surface area contributed by atoms with Crippen molar-refractivity contribution in [1.82, 2.24) is 0 Å². The summed E-state index contributed by atoms with van der Waals surface area (Å²) in [7, 11) is 1.34. The molecule has 0 atom stereocenters. The molecular weight excluding hydrogens is 322 g/mol. The minimum absolute atomic E-state index is 0.0959. The number of anilines is 2. The van der Waals surface area contributed by atoms with Gasteiger partial charge in [-0.2, -0.15) is 0 Å². The lowest BCUT2D eigenvalue weighted by molar-refractivity contribution is -0.384. The minimum atomic E-state index is -0.624. The first-order valence-electron chi connectivity index (χ1n) is 6.57. The van der Waals surface area contributed by atoms with Crippen LogP contribution in [0.3, 0.4) is 0 Å². The van der Waals surface area contributed by atoms with Gasteiger partial charge >= 0.3 is 6.03 Å². The number of rotatable bonds is 4. The molecule has 0 fully saturated rings. The van der Waals surface area contributed by atoms with Gasteiger partial charge in [0.15, 0.2) is 0 Å². The van der Waals surface area contributed by atoms with Gasteiger partial charge in [-0.25, -0.2) is 4.79 Å².